The maximum absolute atomic E-state index is 15.1. The van der Waals surface area contributed by atoms with Crippen LogP contribution in [0.15, 0.2) is 46.6 Å². The minimum atomic E-state index is -1.40. The smallest absolute Gasteiger partial charge is 0.180 e. The van der Waals surface area contributed by atoms with Gasteiger partial charge in [0.15, 0.2) is 5.84 Å². The monoisotopic (exact) mass is 390 g/mol. The van der Waals surface area contributed by atoms with E-state index in [1.165, 1.54) is 0 Å². The highest BCUT2D eigenvalue weighted by atomic mass is 35.5. The van der Waals surface area contributed by atoms with Crippen LogP contribution >= 0.6 is 11.6 Å². The third-order valence-corrected chi connectivity index (χ3v) is 5.76. The van der Waals surface area contributed by atoms with E-state index in [1.807, 2.05) is 16.8 Å². The zero-order valence-corrected chi connectivity index (χ0v) is 15.2. The van der Waals surface area contributed by atoms with Gasteiger partial charge in [-0.3, -0.25) is 0 Å². The van der Waals surface area contributed by atoms with Crippen LogP contribution in [0.2, 0.25) is 5.02 Å². The fourth-order valence-electron chi connectivity index (χ4n) is 4.10. The summed E-state index contributed by atoms with van der Waals surface area (Å²) in [6, 6.07) is 7.84. The zero-order chi connectivity index (χ0) is 19.1. The van der Waals surface area contributed by atoms with Crippen molar-refractivity contribution in [3.05, 3.63) is 58.4 Å². The predicted octanol–water partition coefficient (Wildman–Crippen LogP) is 2.38. The summed E-state index contributed by atoms with van der Waals surface area (Å²) in [7, 11) is 0. The first-order chi connectivity index (χ1) is 13.0. The van der Waals surface area contributed by atoms with E-state index in [0.29, 0.717) is 29.3 Å². The Morgan fingerprint density at radius 3 is 2.67 bits per heavy atom. The van der Waals surface area contributed by atoms with Gasteiger partial charge in [0.1, 0.15) is 12.3 Å². The molecule has 0 amide bonds. The van der Waals surface area contributed by atoms with Crippen molar-refractivity contribution in [1.29, 1.82) is 0 Å². The van der Waals surface area contributed by atoms with Crippen LogP contribution < -0.4 is 5.84 Å². The Morgan fingerprint density at radius 2 is 1.96 bits per heavy atom. The SMILES string of the molecule is N/N=C1/N=CCc2c1ccn2[C@@H]1C[C@H]([C@H](F)c2ccc(Cl)cc2)[C@@H](O)[C@H]1O. The van der Waals surface area contributed by atoms with E-state index in [4.69, 9.17) is 17.4 Å². The Bertz CT molecular complexity index is 896. The molecule has 0 radical (unpaired) electrons. The molecule has 1 aromatic carbocycles. The molecule has 1 saturated carbocycles. The summed E-state index contributed by atoms with van der Waals surface area (Å²) < 4.78 is 17.0. The normalized spacial score (nSPS) is 29.9. The van der Waals surface area contributed by atoms with Gasteiger partial charge in [-0.05, 0) is 30.2 Å². The number of aromatic nitrogens is 1. The van der Waals surface area contributed by atoms with Crippen molar-refractivity contribution in [3.63, 3.8) is 0 Å². The van der Waals surface area contributed by atoms with Crippen LogP contribution in [0.5, 0.6) is 0 Å². The molecule has 1 aromatic heterocycles. The van der Waals surface area contributed by atoms with Gasteiger partial charge in [-0.2, -0.15) is 5.10 Å². The molecule has 0 saturated heterocycles. The van der Waals surface area contributed by atoms with E-state index < -0.39 is 30.3 Å². The standard InChI is InChI=1S/C19H20ClFN4O2/c20-11-3-1-10(2-4-11)16(21)13-9-15(18(27)17(13)26)25-8-6-12-14(25)5-7-23-19(12)24-22/h1-4,6-8,13,15-18,26-27H,5,9,22H2/b24-19+/t13-,15-,16-,17-,18+/m1/s1. The van der Waals surface area contributed by atoms with Gasteiger partial charge in [-0.15, -0.1) is 0 Å². The largest absolute Gasteiger partial charge is 0.390 e. The molecule has 27 heavy (non-hydrogen) atoms. The van der Waals surface area contributed by atoms with Crippen molar-refractivity contribution in [2.75, 3.05) is 0 Å². The van der Waals surface area contributed by atoms with Crippen LogP contribution in [0.3, 0.4) is 0 Å². The van der Waals surface area contributed by atoms with Crippen LogP contribution in [0.1, 0.15) is 35.5 Å². The molecular weight excluding hydrogens is 371 g/mol. The molecule has 0 bridgehead atoms. The Morgan fingerprint density at radius 1 is 1.22 bits per heavy atom. The van der Waals surface area contributed by atoms with Crippen molar-refractivity contribution in [1.82, 2.24) is 4.57 Å². The number of nitrogens with two attached hydrogens (primary N) is 1. The lowest BCUT2D eigenvalue weighted by Gasteiger charge is -2.22. The topological polar surface area (TPSA) is 96.1 Å². The molecule has 5 atom stereocenters. The lowest BCUT2D eigenvalue weighted by Crippen LogP contribution is -2.31. The van der Waals surface area contributed by atoms with Crippen molar-refractivity contribution in [2.45, 2.75) is 37.3 Å². The number of hydrogen-bond acceptors (Lipinski definition) is 4. The maximum atomic E-state index is 15.1. The summed E-state index contributed by atoms with van der Waals surface area (Å²) in [6.45, 7) is 0. The molecule has 0 spiro atoms. The Balaban J connectivity index is 1.62. The average Bonchev–Trinajstić information content (AvgIpc) is 3.23. The number of hydrogen-bond donors (Lipinski definition) is 3. The number of nitrogens with zero attached hydrogens (tertiary/aromatic N) is 3. The highest BCUT2D eigenvalue weighted by molar-refractivity contribution is 6.30. The third-order valence-electron chi connectivity index (χ3n) is 5.50. The summed E-state index contributed by atoms with van der Waals surface area (Å²) >= 11 is 5.87. The molecular formula is C19H20ClFN4O2. The second kappa shape index (κ2) is 7.07. The van der Waals surface area contributed by atoms with Crippen LogP contribution in [0.4, 0.5) is 4.39 Å². The highest BCUT2D eigenvalue weighted by Crippen LogP contribution is 2.44. The quantitative estimate of drug-likeness (QED) is 0.554. The van der Waals surface area contributed by atoms with Crippen molar-refractivity contribution < 1.29 is 14.6 Å². The van der Waals surface area contributed by atoms with Gasteiger partial charge in [0.05, 0.1) is 12.1 Å². The molecule has 8 heteroatoms. The number of amidine groups is 1. The third kappa shape index (κ3) is 3.05. The van der Waals surface area contributed by atoms with E-state index in [-0.39, 0.29) is 0 Å². The second-order valence-corrected chi connectivity index (χ2v) is 7.39. The van der Waals surface area contributed by atoms with E-state index in [9.17, 15) is 10.2 Å². The van der Waals surface area contributed by atoms with E-state index in [0.717, 1.165) is 11.3 Å². The number of aliphatic hydroxyl groups is 2. The minimum Gasteiger partial charge on any atom is -0.390 e. The van der Waals surface area contributed by atoms with E-state index >= 15 is 4.39 Å². The average molecular weight is 391 g/mol. The van der Waals surface area contributed by atoms with E-state index in [1.54, 1.807) is 30.5 Å². The number of halogens is 2. The lowest BCUT2D eigenvalue weighted by atomic mass is 9.93. The molecule has 2 heterocycles. The van der Waals surface area contributed by atoms with Crippen molar-refractivity contribution in [3.8, 4) is 0 Å². The molecule has 2 aromatic rings. The number of hydrazone groups is 1. The molecule has 4 N–H and O–H groups in total. The summed E-state index contributed by atoms with van der Waals surface area (Å²) in [5, 5.41) is 25.3. The van der Waals surface area contributed by atoms with Crippen LogP contribution in [0.25, 0.3) is 0 Å². The fourth-order valence-corrected chi connectivity index (χ4v) is 4.23. The van der Waals surface area contributed by atoms with Crippen LogP contribution in [-0.2, 0) is 6.42 Å². The predicted molar refractivity (Wildman–Crippen MR) is 102 cm³/mol. The fraction of sp³-hybridized carbons (Fsp3) is 0.368. The second-order valence-electron chi connectivity index (χ2n) is 6.95. The molecule has 142 valence electrons. The van der Waals surface area contributed by atoms with Gasteiger partial charge < -0.3 is 20.6 Å². The van der Waals surface area contributed by atoms with Crippen molar-refractivity contribution >= 4 is 23.7 Å². The number of benzene rings is 1. The first kappa shape index (κ1) is 18.2. The minimum absolute atomic E-state index is 0.305. The van der Waals surface area contributed by atoms with Gasteiger partial charge >= 0.3 is 0 Å². The zero-order valence-electron chi connectivity index (χ0n) is 14.4. The lowest BCUT2D eigenvalue weighted by molar-refractivity contribution is -0.0102. The van der Waals surface area contributed by atoms with Gasteiger partial charge in [-0.25, -0.2) is 9.38 Å². The molecule has 6 nitrogen and oxygen atoms in total. The first-order valence-electron chi connectivity index (χ1n) is 8.77. The van der Waals surface area contributed by atoms with E-state index in [2.05, 4.69) is 10.1 Å². The number of aliphatic hydroxyl groups excluding tert-OH is 2. The summed E-state index contributed by atoms with van der Waals surface area (Å²) in [4.78, 5) is 4.16. The number of aliphatic imine (C=N–C) groups is 1. The number of alkyl halides is 1. The summed E-state index contributed by atoms with van der Waals surface area (Å²) in [5.41, 5.74) is 2.13. The van der Waals surface area contributed by atoms with Gasteiger partial charge in [-0.1, -0.05) is 23.7 Å². The first-order valence-corrected chi connectivity index (χ1v) is 9.15. The Labute approximate surface area is 160 Å². The molecule has 4 rings (SSSR count). The molecule has 2 aliphatic rings. The van der Waals surface area contributed by atoms with Crippen LogP contribution in [-0.4, -0.2) is 39.0 Å². The Hall–Kier alpha value is -2.22. The molecule has 1 aliphatic carbocycles. The van der Waals surface area contributed by atoms with Gasteiger partial charge in [0.25, 0.3) is 0 Å². The molecule has 1 fully saturated rings. The summed E-state index contributed by atoms with van der Waals surface area (Å²) in [6.07, 6.45) is 0.731. The highest BCUT2D eigenvalue weighted by Gasteiger charge is 2.47. The van der Waals surface area contributed by atoms with Gasteiger partial charge in [0.2, 0.25) is 0 Å². The Kier molecular flexibility index (Phi) is 4.75. The van der Waals surface area contributed by atoms with Crippen molar-refractivity contribution in [2.24, 2.45) is 21.9 Å². The summed E-state index contributed by atoms with van der Waals surface area (Å²) in [5.74, 6) is 5.09. The van der Waals surface area contributed by atoms with Crippen LogP contribution in [0, 0.1) is 5.92 Å². The number of rotatable bonds is 3. The number of fused-ring (bicyclic) bond motifs is 1. The molecule has 0 unspecified atom stereocenters. The van der Waals surface area contributed by atoms with Gasteiger partial charge in [0, 0.05) is 41.0 Å². The maximum Gasteiger partial charge on any atom is 0.180 e. The molecule has 1 aliphatic heterocycles.